The molecule has 1 rings (SSSR count). The van der Waals surface area contributed by atoms with Crippen LogP contribution in [0.1, 0.15) is 26.2 Å². The van der Waals surface area contributed by atoms with Crippen molar-refractivity contribution in [1.29, 1.82) is 0 Å². The van der Waals surface area contributed by atoms with E-state index in [9.17, 15) is 9.59 Å². The minimum atomic E-state index is -0.314. The van der Waals surface area contributed by atoms with Gasteiger partial charge < -0.3 is 9.47 Å². The third-order valence-electron chi connectivity index (χ3n) is 2.44. The van der Waals surface area contributed by atoms with Crippen molar-refractivity contribution < 1.29 is 19.1 Å². The summed E-state index contributed by atoms with van der Waals surface area (Å²) in [4.78, 5) is 22.7. The molecule has 0 amide bonds. The molecular formula is C11H16O4. The summed E-state index contributed by atoms with van der Waals surface area (Å²) in [5.74, 6) is -0.754. The van der Waals surface area contributed by atoms with Crippen molar-refractivity contribution >= 4 is 11.9 Å². The summed E-state index contributed by atoms with van der Waals surface area (Å²) in [6.07, 6.45) is 3.76. The molecule has 0 aromatic heterocycles. The molecule has 0 spiro atoms. The van der Waals surface area contributed by atoms with E-state index in [-0.39, 0.29) is 17.9 Å². The number of rotatable bonds is 3. The minimum absolute atomic E-state index is 0.195. The van der Waals surface area contributed by atoms with Gasteiger partial charge in [-0.3, -0.25) is 4.79 Å². The fraction of sp³-hybridized carbons (Fsp3) is 0.636. The molecule has 0 saturated heterocycles. The molecule has 84 valence electrons. The molecule has 0 N–H and O–H groups in total. The van der Waals surface area contributed by atoms with Crippen LogP contribution in [0.4, 0.5) is 0 Å². The molecule has 0 saturated carbocycles. The van der Waals surface area contributed by atoms with Gasteiger partial charge in [-0.15, -0.1) is 0 Å². The van der Waals surface area contributed by atoms with Crippen LogP contribution in [0, 0.1) is 5.92 Å². The van der Waals surface area contributed by atoms with E-state index < -0.39 is 0 Å². The monoisotopic (exact) mass is 212 g/mol. The first-order valence-electron chi connectivity index (χ1n) is 5.13. The average molecular weight is 212 g/mol. The highest BCUT2D eigenvalue weighted by atomic mass is 16.5. The van der Waals surface area contributed by atoms with E-state index in [2.05, 4.69) is 4.74 Å². The van der Waals surface area contributed by atoms with Crippen LogP contribution < -0.4 is 0 Å². The fourth-order valence-electron chi connectivity index (χ4n) is 1.67. The zero-order valence-corrected chi connectivity index (χ0v) is 9.12. The van der Waals surface area contributed by atoms with Gasteiger partial charge in [-0.2, -0.15) is 0 Å². The first-order chi connectivity index (χ1) is 7.19. The molecule has 0 radical (unpaired) electrons. The molecule has 0 aliphatic heterocycles. The Labute approximate surface area is 89.2 Å². The van der Waals surface area contributed by atoms with Gasteiger partial charge in [-0.25, -0.2) is 4.79 Å². The Kier molecular flexibility index (Phi) is 4.34. The molecule has 4 heteroatoms. The van der Waals surface area contributed by atoms with Crippen molar-refractivity contribution in [2.24, 2.45) is 5.92 Å². The zero-order valence-electron chi connectivity index (χ0n) is 9.12. The second-order valence-electron chi connectivity index (χ2n) is 3.45. The lowest BCUT2D eigenvalue weighted by Crippen LogP contribution is -2.22. The Morgan fingerprint density at radius 1 is 1.53 bits per heavy atom. The Balaban J connectivity index is 2.58. The number of hydrogen-bond acceptors (Lipinski definition) is 4. The Bertz CT molecular complexity index is 280. The largest absolute Gasteiger partial charge is 0.469 e. The van der Waals surface area contributed by atoms with Gasteiger partial charge in [0, 0.05) is 5.57 Å². The van der Waals surface area contributed by atoms with Crippen molar-refractivity contribution in [2.75, 3.05) is 13.7 Å². The van der Waals surface area contributed by atoms with Gasteiger partial charge in [0.1, 0.15) is 0 Å². The van der Waals surface area contributed by atoms with Gasteiger partial charge in [-0.05, 0) is 26.2 Å². The molecule has 15 heavy (non-hydrogen) atoms. The minimum Gasteiger partial charge on any atom is -0.469 e. The zero-order chi connectivity index (χ0) is 11.3. The van der Waals surface area contributed by atoms with Crippen LogP contribution in [0.2, 0.25) is 0 Å². The number of allylic oxidation sites excluding steroid dienone is 1. The van der Waals surface area contributed by atoms with E-state index >= 15 is 0 Å². The average Bonchev–Trinajstić information content (AvgIpc) is 2.28. The molecule has 1 aliphatic rings. The molecule has 0 aromatic carbocycles. The summed E-state index contributed by atoms with van der Waals surface area (Å²) in [7, 11) is 1.37. The molecule has 0 bridgehead atoms. The predicted molar refractivity (Wildman–Crippen MR) is 54.1 cm³/mol. The number of methoxy groups -OCH3 is 1. The molecule has 1 unspecified atom stereocenters. The van der Waals surface area contributed by atoms with Crippen molar-refractivity contribution in [2.45, 2.75) is 26.2 Å². The van der Waals surface area contributed by atoms with E-state index in [4.69, 9.17) is 4.74 Å². The Morgan fingerprint density at radius 2 is 2.27 bits per heavy atom. The van der Waals surface area contributed by atoms with Crippen molar-refractivity contribution in [1.82, 2.24) is 0 Å². The number of esters is 2. The molecule has 1 atom stereocenters. The van der Waals surface area contributed by atoms with Crippen LogP contribution in [0.15, 0.2) is 11.6 Å². The Morgan fingerprint density at radius 3 is 2.87 bits per heavy atom. The SMILES string of the molecule is CCOC(=O)C1=CCCC(C(=O)OC)C1. The van der Waals surface area contributed by atoms with E-state index in [1.807, 2.05) is 6.08 Å². The van der Waals surface area contributed by atoms with Gasteiger partial charge in [-0.1, -0.05) is 6.08 Å². The molecular weight excluding hydrogens is 196 g/mol. The van der Waals surface area contributed by atoms with E-state index in [1.165, 1.54) is 7.11 Å². The standard InChI is InChI=1S/C11H16O4/c1-3-15-11(13)9-6-4-5-8(7-9)10(12)14-2/h6,8H,3-5,7H2,1-2H3. The Hall–Kier alpha value is -1.32. The van der Waals surface area contributed by atoms with Gasteiger partial charge in [0.05, 0.1) is 19.6 Å². The third kappa shape index (κ3) is 3.08. The van der Waals surface area contributed by atoms with E-state index in [1.54, 1.807) is 6.92 Å². The lowest BCUT2D eigenvalue weighted by Gasteiger charge is -2.19. The van der Waals surface area contributed by atoms with E-state index in [0.717, 1.165) is 12.8 Å². The van der Waals surface area contributed by atoms with Crippen molar-refractivity contribution in [3.8, 4) is 0 Å². The van der Waals surface area contributed by atoms with Gasteiger partial charge >= 0.3 is 11.9 Å². The highest BCUT2D eigenvalue weighted by Crippen LogP contribution is 2.25. The summed E-state index contributed by atoms with van der Waals surface area (Å²) in [5.41, 5.74) is 0.596. The van der Waals surface area contributed by atoms with Crippen LogP contribution in [0.5, 0.6) is 0 Å². The molecule has 0 fully saturated rings. The maximum Gasteiger partial charge on any atom is 0.333 e. The summed E-state index contributed by atoms with van der Waals surface area (Å²) in [5, 5.41) is 0. The molecule has 0 aromatic rings. The summed E-state index contributed by atoms with van der Waals surface area (Å²) in [6, 6.07) is 0. The molecule has 4 nitrogen and oxygen atoms in total. The maximum absolute atomic E-state index is 11.4. The van der Waals surface area contributed by atoms with Crippen LogP contribution in [0.3, 0.4) is 0 Å². The summed E-state index contributed by atoms with van der Waals surface area (Å²) < 4.78 is 9.54. The second kappa shape index (κ2) is 5.53. The third-order valence-corrected chi connectivity index (χ3v) is 2.44. The normalized spacial score (nSPS) is 20.4. The topological polar surface area (TPSA) is 52.6 Å². The van der Waals surface area contributed by atoms with Gasteiger partial charge in [0.2, 0.25) is 0 Å². The van der Waals surface area contributed by atoms with Crippen molar-refractivity contribution in [3.63, 3.8) is 0 Å². The van der Waals surface area contributed by atoms with Crippen LogP contribution in [0.25, 0.3) is 0 Å². The first kappa shape index (κ1) is 11.8. The highest BCUT2D eigenvalue weighted by Gasteiger charge is 2.26. The van der Waals surface area contributed by atoms with E-state index in [0.29, 0.717) is 18.6 Å². The number of carbonyl (C=O) groups excluding carboxylic acids is 2. The quantitative estimate of drug-likeness (QED) is 0.664. The molecule has 0 heterocycles. The van der Waals surface area contributed by atoms with Crippen molar-refractivity contribution in [3.05, 3.63) is 11.6 Å². The lowest BCUT2D eigenvalue weighted by molar-refractivity contribution is -0.146. The van der Waals surface area contributed by atoms with Crippen LogP contribution >= 0.6 is 0 Å². The van der Waals surface area contributed by atoms with Gasteiger partial charge in [0.25, 0.3) is 0 Å². The number of hydrogen-bond donors (Lipinski definition) is 0. The smallest absolute Gasteiger partial charge is 0.333 e. The van der Waals surface area contributed by atoms with Gasteiger partial charge in [0.15, 0.2) is 0 Å². The molecule has 1 aliphatic carbocycles. The fourth-order valence-corrected chi connectivity index (χ4v) is 1.67. The number of carbonyl (C=O) groups is 2. The van der Waals surface area contributed by atoms with Crippen LogP contribution in [-0.4, -0.2) is 25.7 Å². The summed E-state index contributed by atoms with van der Waals surface area (Å²) >= 11 is 0. The summed E-state index contributed by atoms with van der Waals surface area (Å²) in [6.45, 7) is 2.12. The lowest BCUT2D eigenvalue weighted by atomic mass is 9.89. The predicted octanol–water partition coefficient (Wildman–Crippen LogP) is 1.45. The second-order valence-corrected chi connectivity index (χ2v) is 3.45. The number of ether oxygens (including phenoxy) is 2. The highest BCUT2D eigenvalue weighted by molar-refractivity contribution is 5.89. The maximum atomic E-state index is 11.4. The van der Waals surface area contributed by atoms with Crippen LogP contribution in [-0.2, 0) is 19.1 Å². The first-order valence-corrected chi connectivity index (χ1v) is 5.13.